The van der Waals surface area contributed by atoms with Gasteiger partial charge in [0.25, 0.3) is 5.91 Å². The fourth-order valence-corrected chi connectivity index (χ4v) is 1.90. The number of nitrogens with one attached hydrogen (secondary N) is 1. The van der Waals surface area contributed by atoms with Gasteiger partial charge in [-0.05, 0) is 36.4 Å². The minimum atomic E-state index is -0.280. The first-order valence-corrected chi connectivity index (χ1v) is 7.34. The number of benzene rings is 2. The Balaban J connectivity index is 1.67. The molecule has 23 heavy (non-hydrogen) atoms. The lowest BCUT2D eigenvalue weighted by Crippen LogP contribution is -2.32. The molecular weight excluding hydrogens is 316 g/mol. The molecule has 0 aromatic heterocycles. The highest BCUT2D eigenvalue weighted by Crippen LogP contribution is 2.16. The topological polar surface area (TPSA) is 71.3 Å². The summed E-state index contributed by atoms with van der Waals surface area (Å²) in [6, 6.07) is 15.7. The Labute approximate surface area is 139 Å². The van der Waals surface area contributed by atoms with Gasteiger partial charge in [-0.1, -0.05) is 23.7 Å². The van der Waals surface area contributed by atoms with Crippen LogP contribution >= 0.6 is 11.6 Å². The molecule has 0 radical (unpaired) electrons. The van der Waals surface area contributed by atoms with E-state index >= 15 is 0 Å². The number of hydrogen-bond acceptors (Lipinski definition) is 4. The van der Waals surface area contributed by atoms with Crippen molar-refractivity contribution in [3.8, 4) is 17.6 Å². The van der Waals surface area contributed by atoms with E-state index in [-0.39, 0.29) is 12.5 Å². The van der Waals surface area contributed by atoms with Crippen LogP contribution in [0.15, 0.2) is 48.5 Å². The van der Waals surface area contributed by atoms with Crippen LogP contribution in [0.3, 0.4) is 0 Å². The number of hydrogen-bond donors (Lipinski definition) is 1. The predicted octanol–water partition coefficient (Wildman–Crippen LogP) is 2.79. The highest BCUT2D eigenvalue weighted by atomic mass is 35.5. The molecule has 0 fully saturated rings. The summed E-state index contributed by atoms with van der Waals surface area (Å²) in [5, 5.41) is 12.2. The fourth-order valence-electron chi connectivity index (χ4n) is 1.77. The fraction of sp³-hybridized carbons (Fsp3) is 0.176. The highest BCUT2D eigenvalue weighted by Gasteiger charge is 2.05. The van der Waals surface area contributed by atoms with Crippen LogP contribution in [0.4, 0.5) is 0 Å². The van der Waals surface area contributed by atoms with Crippen molar-refractivity contribution in [1.29, 1.82) is 5.26 Å². The Kier molecular flexibility index (Phi) is 6.28. The maximum atomic E-state index is 11.7. The lowest BCUT2D eigenvalue weighted by atomic mass is 10.2. The number of carbonyl (C=O) groups excluding carboxylic acids is 1. The molecule has 2 rings (SSSR count). The summed E-state index contributed by atoms with van der Waals surface area (Å²) in [4.78, 5) is 11.7. The van der Waals surface area contributed by atoms with Crippen molar-refractivity contribution in [2.24, 2.45) is 0 Å². The van der Waals surface area contributed by atoms with Crippen LogP contribution in [-0.2, 0) is 4.79 Å². The van der Waals surface area contributed by atoms with Crippen LogP contribution in [0.5, 0.6) is 11.5 Å². The van der Waals surface area contributed by atoms with E-state index in [2.05, 4.69) is 5.32 Å². The van der Waals surface area contributed by atoms with Crippen LogP contribution in [0.2, 0.25) is 5.02 Å². The maximum Gasteiger partial charge on any atom is 0.258 e. The van der Waals surface area contributed by atoms with Gasteiger partial charge in [-0.25, -0.2) is 0 Å². The number of para-hydroxylation sites is 1. The van der Waals surface area contributed by atoms with Crippen molar-refractivity contribution in [3.63, 3.8) is 0 Å². The van der Waals surface area contributed by atoms with E-state index in [1.807, 2.05) is 6.07 Å². The number of nitriles is 1. The Morgan fingerprint density at radius 3 is 2.61 bits per heavy atom. The molecule has 0 unspecified atom stereocenters. The number of nitrogens with zero attached hydrogens (tertiary/aromatic N) is 1. The van der Waals surface area contributed by atoms with E-state index in [1.165, 1.54) is 0 Å². The number of amides is 1. The van der Waals surface area contributed by atoms with Gasteiger partial charge in [-0.15, -0.1) is 0 Å². The molecule has 118 valence electrons. The number of carbonyl (C=O) groups is 1. The van der Waals surface area contributed by atoms with Gasteiger partial charge >= 0.3 is 0 Å². The molecule has 0 saturated heterocycles. The van der Waals surface area contributed by atoms with Crippen LogP contribution in [0.1, 0.15) is 5.56 Å². The summed E-state index contributed by atoms with van der Waals surface area (Å²) in [6.07, 6.45) is 0. The lowest BCUT2D eigenvalue weighted by molar-refractivity contribution is -0.123. The molecule has 5 nitrogen and oxygen atoms in total. The van der Waals surface area contributed by atoms with Gasteiger partial charge < -0.3 is 14.8 Å². The molecule has 2 aromatic carbocycles. The van der Waals surface area contributed by atoms with Gasteiger partial charge in [0, 0.05) is 5.02 Å². The molecular formula is C17H15ClN2O3. The van der Waals surface area contributed by atoms with Crippen LogP contribution in [0, 0.1) is 11.3 Å². The zero-order valence-electron chi connectivity index (χ0n) is 12.3. The van der Waals surface area contributed by atoms with E-state index in [0.29, 0.717) is 35.2 Å². The summed E-state index contributed by atoms with van der Waals surface area (Å²) in [5.74, 6) is 0.794. The van der Waals surface area contributed by atoms with Gasteiger partial charge in [0.15, 0.2) is 6.61 Å². The zero-order chi connectivity index (χ0) is 16.5. The van der Waals surface area contributed by atoms with Crippen molar-refractivity contribution in [2.45, 2.75) is 0 Å². The molecule has 0 heterocycles. The van der Waals surface area contributed by atoms with Crippen LogP contribution in [0.25, 0.3) is 0 Å². The summed E-state index contributed by atoms with van der Waals surface area (Å²) in [5.41, 5.74) is 0.395. The number of halogens is 1. The Bertz CT molecular complexity index is 696. The van der Waals surface area contributed by atoms with E-state index in [9.17, 15) is 4.79 Å². The molecule has 0 aliphatic heterocycles. The first-order chi connectivity index (χ1) is 11.2. The van der Waals surface area contributed by atoms with Crippen molar-refractivity contribution >= 4 is 17.5 Å². The van der Waals surface area contributed by atoms with Crippen LogP contribution in [-0.4, -0.2) is 25.7 Å². The largest absolute Gasteiger partial charge is 0.492 e. The first kappa shape index (κ1) is 16.7. The molecule has 2 aromatic rings. The van der Waals surface area contributed by atoms with E-state index in [1.54, 1.807) is 48.5 Å². The monoisotopic (exact) mass is 330 g/mol. The average molecular weight is 331 g/mol. The molecule has 0 atom stereocenters. The third-order valence-electron chi connectivity index (χ3n) is 2.87. The maximum absolute atomic E-state index is 11.7. The standard InChI is InChI=1S/C17H15ClN2O3/c18-14-5-7-15(8-6-14)22-10-9-20-17(21)12-23-16-4-2-1-3-13(16)11-19/h1-8H,9-10,12H2,(H,20,21). The molecule has 0 saturated carbocycles. The van der Waals surface area contributed by atoms with Gasteiger partial charge in [-0.3, -0.25) is 4.79 Å². The summed E-state index contributed by atoms with van der Waals surface area (Å²) in [7, 11) is 0. The SMILES string of the molecule is N#Cc1ccccc1OCC(=O)NCCOc1ccc(Cl)cc1. The summed E-state index contributed by atoms with van der Waals surface area (Å²) in [6.45, 7) is 0.534. The Hall–Kier alpha value is -2.71. The molecule has 0 aliphatic rings. The minimum Gasteiger partial charge on any atom is -0.492 e. The normalized spacial score (nSPS) is 9.74. The van der Waals surface area contributed by atoms with E-state index in [0.717, 1.165) is 0 Å². The number of rotatable bonds is 7. The quantitative estimate of drug-likeness (QED) is 0.792. The predicted molar refractivity (Wildman–Crippen MR) is 86.6 cm³/mol. The van der Waals surface area contributed by atoms with E-state index < -0.39 is 0 Å². The Morgan fingerprint density at radius 1 is 1.13 bits per heavy atom. The summed E-state index contributed by atoms with van der Waals surface area (Å²) < 4.78 is 10.8. The highest BCUT2D eigenvalue weighted by molar-refractivity contribution is 6.30. The smallest absolute Gasteiger partial charge is 0.258 e. The van der Waals surface area contributed by atoms with Crippen molar-refractivity contribution in [2.75, 3.05) is 19.8 Å². The van der Waals surface area contributed by atoms with Crippen molar-refractivity contribution < 1.29 is 14.3 Å². The summed E-state index contributed by atoms with van der Waals surface area (Å²) >= 11 is 5.77. The van der Waals surface area contributed by atoms with Crippen molar-refractivity contribution in [1.82, 2.24) is 5.32 Å². The third-order valence-corrected chi connectivity index (χ3v) is 3.12. The molecule has 1 N–H and O–H groups in total. The molecule has 1 amide bonds. The molecule has 0 aliphatic carbocycles. The molecule has 0 spiro atoms. The second-order valence-corrected chi connectivity index (χ2v) is 4.99. The van der Waals surface area contributed by atoms with Gasteiger partial charge in [-0.2, -0.15) is 5.26 Å². The van der Waals surface area contributed by atoms with E-state index in [4.69, 9.17) is 26.3 Å². The second kappa shape index (κ2) is 8.66. The van der Waals surface area contributed by atoms with Crippen LogP contribution < -0.4 is 14.8 Å². The minimum absolute atomic E-state index is 0.153. The molecule has 0 bridgehead atoms. The number of ether oxygens (including phenoxy) is 2. The zero-order valence-corrected chi connectivity index (χ0v) is 13.0. The van der Waals surface area contributed by atoms with Gasteiger partial charge in [0.2, 0.25) is 0 Å². The second-order valence-electron chi connectivity index (χ2n) is 4.55. The van der Waals surface area contributed by atoms with Gasteiger partial charge in [0.05, 0.1) is 12.1 Å². The van der Waals surface area contributed by atoms with Gasteiger partial charge in [0.1, 0.15) is 24.2 Å². The lowest BCUT2D eigenvalue weighted by Gasteiger charge is -2.09. The average Bonchev–Trinajstić information content (AvgIpc) is 2.58. The third kappa shape index (κ3) is 5.53. The van der Waals surface area contributed by atoms with Crippen molar-refractivity contribution in [3.05, 3.63) is 59.1 Å². The first-order valence-electron chi connectivity index (χ1n) is 6.96. The molecule has 6 heteroatoms. The Morgan fingerprint density at radius 2 is 1.87 bits per heavy atom.